The smallest absolute Gasteiger partial charge is 0.308 e. The molecule has 2 aromatic rings. The lowest BCUT2D eigenvalue weighted by atomic mass is 10.2. The number of carbonyl (C=O) groups is 1. The molecule has 0 aliphatic heterocycles. The highest BCUT2D eigenvalue weighted by Gasteiger charge is 2.04. The molecule has 0 radical (unpaired) electrons. The molecule has 0 bridgehead atoms. The third-order valence-corrected chi connectivity index (χ3v) is 2.34. The Morgan fingerprint density at radius 1 is 1.22 bits per heavy atom. The number of halogens is 1. The number of nitrogens with zero attached hydrogens (tertiary/aromatic N) is 1. The molecule has 0 atom stereocenters. The molecule has 4 nitrogen and oxygen atoms in total. The molecule has 0 saturated carbocycles. The van der Waals surface area contributed by atoms with Crippen LogP contribution in [0.4, 0.5) is 20.7 Å². The molecule has 5 heteroatoms. The number of amides is 2. The first-order valence-electron chi connectivity index (χ1n) is 5.40. The number of aromatic nitrogens is 1. The summed E-state index contributed by atoms with van der Waals surface area (Å²) in [7, 11) is 0. The van der Waals surface area contributed by atoms with Crippen molar-refractivity contribution >= 4 is 17.5 Å². The summed E-state index contributed by atoms with van der Waals surface area (Å²) in [5.74, 6) is 0.0771. The maximum absolute atomic E-state index is 13.3. The number of urea groups is 1. The van der Waals surface area contributed by atoms with Crippen LogP contribution >= 0.6 is 0 Å². The molecule has 2 amide bonds. The number of nitrogens with one attached hydrogen (secondary N) is 2. The van der Waals surface area contributed by atoms with Crippen molar-refractivity contribution in [2.45, 2.75) is 6.92 Å². The van der Waals surface area contributed by atoms with Crippen LogP contribution in [0, 0.1) is 12.7 Å². The van der Waals surface area contributed by atoms with E-state index in [0.717, 1.165) is 0 Å². The molecular weight excluding hydrogens is 233 g/mol. The van der Waals surface area contributed by atoms with Gasteiger partial charge in [-0.25, -0.2) is 14.2 Å². The summed E-state index contributed by atoms with van der Waals surface area (Å²) in [4.78, 5) is 15.5. The molecule has 0 fully saturated rings. The molecule has 1 aromatic heterocycles. The summed E-state index contributed by atoms with van der Waals surface area (Å²) in [6, 6.07) is 9.22. The molecule has 0 aliphatic rings. The first-order chi connectivity index (χ1) is 8.65. The Kier molecular flexibility index (Phi) is 3.52. The average Bonchev–Trinajstić information content (AvgIpc) is 2.35. The van der Waals surface area contributed by atoms with Crippen molar-refractivity contribution in [2.24, 2.45) is 0 Å². The fraction of sp³-hybridized carbons (Fsp3) is 0.0769. The molecule has 2 rings (SSSR count). The Morgan fingerprint density at radius 3 is 2.72 bits per heavy atom. The molecule has 1 aromatic carbocycles. The molecule has 2 N–H and O–H groups in total. The van der Waals surface area contributed by atoms with Gasteiger partial charge in [-0.05, 0) is 36.8 Å². The number of hydrogen-bond acceptors (Lipinski definition) is 2. The van der Waals surface area contributed by atoms with Crippen LogP contribution in [0.15, 0.2) is 42.6 Å². The number of benzene rings is 1. The fourth-order valence-electron chi connectivity index (χ4n) is 1.39. The van der Waals surface area contributed by atoms with Crippen molar-refractivity contribution in [3.63, 3.8) is 0 Å². The van der Waals surface area contributed by atoms with Gasteiger partial charge in [0.15, 0.2) is 0 Å². The Morgan fingerprint density at radius 2 is 2.06 bits per heavy atom. The summed E-state index contributed by atoms with van der Waals surface area (Å²) in [6.07, 6.45) is 1.57. The van der Waals surface area contributed by atoms with Crippen LogP contribution in [0.5, 0.6) is 0 Å². The van der Waals surface area contributed by atoms with E-state index in [4.69, 9.17) is 0 Å². The highest BCUT2D eigenvalue weighted by molar-refractivity contribution is 5.99. The van der Waals surface area contributed by atoms with Gasteiger partial charge < -0.3 is 5.32 Å². The van der Waals surface area contributed by atoms with E-state index in [9.17, 15) is 9.18 Å². The molecular formula is C13H12FN3O. The van der Waals surface area contributed by atoms with E-state index in [0.29, 0.717) is 17.1 Å². The van der Waals surface area contributed by atoms with Crippen molar-refractivity contribution in [1.82, 2.24) is 4.98 Å². The van der Waals surface area contributed by atoms with Crippen LogP contribution < -0.4 is 10.6 Å². The average molecular weight is 245 g/mol. The minimum atomic E-state index is -0.461. The van der Waals surface area contributed by atoms with Crippen LogP contribution in [-0.4, -0.2) is 11.0 Å². The molecule has 92 valence electrons. The Bertz CT molecular complexity index is 557. The van der Waals surface area contributed by atoms with Crippen LogP contribution in [0.1, 0.15) is 5.56 Å². The van der Waals surface area contributed by atoms with Gasteiger partial charge in [-0.2, -0.15) is 0 Å². The van der Waals surface area contributed by atoms with E-state index in [1.807, 2.05) is 0 Å². The van der Waals surface area contributed by atoms with Crippen LogP contribution in [-0.2, 0) is 0 Å². The van der Waals surface area contributed by atoms with Gasteiger partial charge >= 0.3 is 6.03 Å². The summed E-state index contributed by atoms with van der Waals surface area (Å²) in [5, 5.41) is 5.07. The van der Waals surface area contributed by atoms with Crippen LogP contribution in [0.2, 0.25) is 0 Å². The van der Waals surface area contributed by atoms with Crippen molar-refractivity contribution < 1.29 is 9.18 Å². The first-order valence-corrected chi connectivity index (χ1v) is 5.40. The lowest BCUT2D eigenvalue weighted by Crippen LogP contribution is -2.20. The summed E-state index contributed by atoms with van der Waals surface area (Å²) in [6.45, 7) is 1.66. The van der Waals surface area contributed by atoms with Crippen molar-refractivity contribution in [2.75, 3.05) is 10.6 Å². The maximum Gasteiger partial charge on any atom is 0.324 e. The molecule has 0 spiro atoms. The Hall–Kier alpha value is -2.43. The fourth-order valence-corrected chi connectivity index (χ4v) is 1.39. The van der Waals surface area contributed by atoms with E-state index in [1.165, 1.54) is 6.07 Å². The predicted molar refractivity (Wildman–Crippen MR) is 68.0 cm³/mol. The van der Waals surface area contributed by atoms with Gasteiger partial charge in [0, 0.05) is 11.9 Å². The molecule has 1 heterocycles. The minimum absolute atomic E-state index is 0.356. The normalized spacial score (nSPS) is 9.89. The Balaban J connectivity index is 2.01. The number of aryl methyl sites for hydroxylation is 1. The monoisotopic (exact) mass is 245 g/mol. The number of anilines is 2. The molecule has 0 unspecified atom stereocenters. The van der Waals surface area contributed by atoms with Crippen LogP contribution in [0.3, 0.4) is 0 Å². The topological polar surface area (TPSA) is 54.0 Å². The predicted octanol–water partition coefficient (Wildman–Crippen LogP) is 3.17. The first kappa shape index (κ1) is 12.0. The number of rotatable bonds is 2. The third kappa shape index (κ3) is 3.04. The summed E-state index contributed by atoms with van der Waals surface area (Å²) in [5.41, 5.74) is 0.928. The standard InChI is InChI=1S/C13H12FN3O/c1-9-5-6-10(8-11(9)14)16-13(18)17-12-4-2-3-7-15-12/h2-8H,1H3,(H2,15,16,17,18). The van der Waals surface area contributed by atoms with Gasteiger partial charge in [0.25, 0.3) is 0 Å². The van der Waals surface area contributed by atoms with E-state index < -0.39 is 6.03 Å². The van der Waals surface area contributed by atoms with E-state index in [1.54, 1.807) is 43.5 Å². The summed E-state index contributed by atoms with van der Waals surface area (Å²) < 4.78 is 13.3. The number of pyridine rings is 1. The summed E-state index contributed by atoms with van der Waals surface area (Å²) >= 11 is 0. The zero-order chi connectivity index (χ0) is 13.0. The molecule has 0 saturated heterocycles. The zero-order valence-corrected chi connectivity index (χ0v) is 9.77. The largest absolute Gasteiger partial charge is 0.324 e. The van der Waals surface area contributed by atoms with E-state index >= 15 is 0 Å². The zero-order valence-electron chi connectivity index (χ0n) is 9.77. The number of hydrogen-bond donors (Lipinski definition) is 2. The van der Waals surface area contributed by atoms with E-state index in [-0.39, 0.29) is 5.82 Å². The van der Waals surface area contributed by atoms with E-state index in [2.05, 4.69) is 15.6 Å². The number of carbonyl (C=O) groups excluding carboxylic acids is 1. The highest BCUT2D eigenvalue weighted by Crippen LogP contribution is 2.13. The van der Waals surface area contributed by atoms with Crippen molar-refractivity contribution in [3.8, 4) is 0 Å². The quantitative estimate of drug-likeness (QED) is 0.853. The van der Waals surface area contributed by atoms with Crippen molar-refractivity contribution in [3.05, 3.63) is 54.0 Å². The minimum Gasteiger partial charge on any atom is -0.308 e. The second-order valence-electron chi connectivity index (χ2n) is 3.76. The Labute approximate surface area is 104 Å². The van der Waals surface area contributed by atoms with Crippen molar-refractivity contribution in [1.29, 1.82) is 0 Å². The second-order valence-corrected chi connectivity index (χ2v) is 3.76. The lowest BCUT2D eigenvalue weighted by Gasteiger charge is -2.07. The second kappa shape index (κ2) is 5.27. The molecule has 0 aliphatic carbocycles. The van der Waals surface area contributed by atoms with Gasteiger partial charge in [0.05, 0.1) is 0 Å². The van der Waals surface area contributed by atoms with Gasteiger partial charge in [-0.1, -0.05) is 12.1 Å². The lowest BCUT2D eigenvalue weighted by molar-refractivity contribution is 0.262. The maximum atomic E-state index is 13.3. The molecule has 18 heavy (non-hydrogen) atoms. The SMILES string of the molecule is Cc1ccc(NC(=O)Nc2ccccn2)cc1F. The van der Waals surface area contributed by atoms with Gasteiger partial charge in [0.2, 0.25) is 0 Å². The van der Waals surface area contributed by atoms with Gasteiger partial charge in [-0.3, -0.25) is 5.32 Å². The third-order valence-electron chi connectivity index (χ3n) is 2.34. The van der Waals surface area contributed by atoms with Gasteiger partial charge in [-0.15, -0.1) is 0 Å². The highest BCUT2D eigenvalue weighted by atomic mass is 19.1. The van der Waals surface area contributed by atoms with Crippen LogP contribution in [0.25, 0.3) is 0 Å². The van der Waals surface area contributed by atoms with Gasteiger partial charge in [0.1, 0.15) is 11.6 Å².